The summed E-state index contributed by atoms with van der Waals surface area (Å²) >= 11 is 0. The number of benzene rings is 1. The van der Waals surface area contributed by atoms with Gasteiger partial charge in [0.25, 0.3) is 5.16 Å². The molecule has 1 aromatic heterocycles. The molecule has 2 aromatic rings. The maximum atomic E-state index is 11.6. The van der Waals surface area contributed by atoms with Gasteiger partial charge in [-0.15, -0.1) is 11.5 Å². The average Bonchev–Trinajstić information content (AvgIpc) is 2.80. The van der Waals surface area contributed by atoms with Crippen LogP contribution in [0.15, 0.2) is 29.4 Å². The van der Waals surface area contributed by atoms with Gasteiger partial charge < -0.3 is 0 Å². The van der Waals surface area contributed by atoms with E-state index in [9.17, 15) is 8.42 Å². The first-order chi connectivity index (χ1) is 8.53. The van der Waals surface area contributed by atoms with Gasteiger partial charge >= 0.3 is 0 Å². The summed E-state index contributed by atoms with van der Waals surface area (Å²) in [5.74, 6) is 2.08. The molecule has 2 rings (SSSR count). The van der Waals surface area contributed by atoms with Crippen molar-refractivity contribution in [2.45, 2.75) is 12.1 Å². The standard InChI is InChI=1S/C12H11N3O2S/c1-3-8-18(16,17)12-13-11(14-15-12)10-6-4-9(2)5-7-10/h1,4-7H,8H2,2H3,(H,13,14,15). The lowest BCUT2D eigenvalue weighted by atomic mass is 10.1. The third-order valence-corrected chi connectivity index (χ3v) is 3.63. The zero-order valence-electron chi connectivity index (χ0n) is 9.71. The molecule has 0 fully saturated rings. The summed E-state index contributed by atoms with van der Waals surface area (Å²) in [6.45, 7) is 1.97. The number of aromatic amines is 1. The Kier molecular flexibility index (Phi) is 3.17. The summed E-state index contributed by atoms with van der Waals surface area (Å²) in [6, 6.07) is 7.50. The van der Waals surface area contributed by atoms with Crippen molar-refractivity contribution in [3.8, 4) is 23.7 Å². The van der Waals surface area contributed by atoms with Gasteiger partial charge in [-0.1, -0.05) is 35.7 Å². The van der Waals surface area contributed by atoms with E-state index in [-0.39, 0.29) is 5.16 Å². The highest BCUT2D eigenvalue weighted by molar-refractivity contribution is 7.91. The van der Waals surface area contributed by atoms with Crippen molar-refractivity contribution in [1.82, 2.24) is 15.2 Å². The quantitative estimate of drug-likeness (QED) is 0.842. The van der Waals surface area contributed by atoms with Crippen molar-refractivity contribution in [1.29, 1.82) is 0 Å². The molecule has 0 amide bonds. The lowest BCUT2D eigenvalue weighted by Crippen LogP contribution is -2.06. The van der Waals surface area contributed by atoms with Crippen LogP contribution in [0.1, 0.15) is 5.56 Å². The summed E-state index contributed by atoms with van der Waals surface area (Å²) < 4.78 is 23.3. The fourth-order valence-corrected chi connectivity index (χ4v) is 2.16. The smallest absolute Gasteiger partial charge is 0.258 e. The Labute approximate surface area is 105 Å². The molecule has 5 nitrogen and oxygen atoms in total. The number of nitrogens with one attached hydrogen (secondary N) is 1. The fourth-order valence-electron chi connectivity index (χ4n) is 1.40. The summed E-state index contributed by atoms with van der Waals surface area (Å²) in [5, 5.41) is 6.02. The number of aryl methyl sites for hydroxylation is 1. The van der Waals surface area contributed by atoms with Crippen LogP contribution in [0.5, 0.6) is 0 Å². The summed E-state index contributed by atoms with van der Waals surface area (Å²) in [7, 11) is -3.60. The van der Waals surface area contributed by atoms with Gasteiger partial charge in [0.2, 0.25) is 9.84 Å². The molecule has 1 aromatic carbocycles. The Hall–Kier alpha value is -2.13. The molecule has 0 atom stereocenters. The number of H-pyrrole nitrogens is 1. The van der Waals surface area contributed by atoms with Crippen LogP contribution >= 0.6 is 0 Å². The SMILES string of the molecule is C#CCS(=O)(=O)c1n[nH]c(-c2ccc(C)cc2)n1. The predicted molar refractivity (Wildman–Crippen MR) is 67.4 cm³/mol. The summed E-state index contributed by atoms with van der Waals surface area (Å²) in [6.07, 6.45) is 4.99. The molecule has 0 aliphatic carbocycles. The third kappa shape index (κ3) is 2.41. The highest BCUT2D eigenvalue weighted by atomic mass is 32.2. The molecule has 18 heavy (non-hydrogen) atoms. The zero-order chi connectivity index (χ0) is 13.2. The minimum atomic E-state index is -3.60. The Balaban J connectivity index is 2.37. The van der Waals surface area contributed by atoms with Crippen LogP contribution in [-0.4, -0.2) is 29.4 Å². The number of hydrogen-bond donors (Lipinski definition) is 1. The highest BCUT2D eigenvalue weighted by Gasteiger charge is 2.19. The number of sulfone groups is 1. The van der Waals surface area contributed by atoms with Crippen LogP contribution in [0.2, 0.25) is 0 Å². The van der Waals surface area contributed by atoms with E-state index in [0.29, 0.717) is 5.82 Å². The molecule has 0 bridgehead atoms. The number of rotatable bonds is 3. The molecule has 6 heteroatoms. The molecule has 1 heterocycles. The van der Waals surface area contributed by atoms with Crippen molar-refractivity contribution >= 4 is 9.84 Å². The first-order valence-electron chi connectivity index (χ1n) is 5.18. The van der Waals surface area contributed by atoms with Crippen LogP contribution in [0.4, 0.5) is 0 Å². The van der Waals surface area contributed by atoms with Crippen LogP contribution in [0, 0.1) is 19.3 Å². The van der Waals surface area contributed by atoms with E-state index in [4.69, 9.17) is 6.42 Å². The molecular weight excluding hydrogens is 250 g/mol. The molecule has 0 radical (unpaired) electrons. The molecule has 92 valence electrons. The number of terminal acetylenes is 1. The van der Waals surface area contributed by atoms with E-state index in [2.05, 4.69) is 21.1 Å². The number of aromatic nitrogens is 3. The van der Waals surface area contributed by atoms with E-state index < -0.39 is 15.6 Å². The molecule has 0 aliphatic heterocycles. The Morgan fingerprint density at radius 3 is 2.61 bits per heavy atom. The Morgan fingerprint density at radius 1 is 1.33 bits per heavy atom. The van der Waals surface area contributed by atoms with Crippen LogP contribution < -0.4 is 0 Å². The lowest BCUT2D eigenvalue weighted by molar-refractivity contribution is 0.591. The van der Waals surface area contributed by atoms with Gasteiger partial charge in [-0.2, -0.15) is 4.98 Å². The van der Waals surface area contributed by atoms with E-state index in [0.717, 1.165) is 11.1 Å². The number of nitrogens with zero attached hydrogens (tertiary/aromatic N) is 2. The lowest BCUT2D eigenvalue weighted by Gasteiger charge is -1.96. The largest absolute Gasteiger partial charge is 0.268 e. The van der Waals surface area contributed by atoms with E-state index in [1.54, 1.807) is 0 Å². The summed E-state index contributed by atoms with van der Waals surface area (Å²) in [5.41, 5.74) is 1.88. The van der Waals surface area contributed by atoms with Gasteiger partial charge in [-0.3, -0.25) is 5.10 Å². The topological polar surface area (TPSA) is 75.7 Å². The van der Waals surface area contributed by atoms with Gasteiger partial charge in [-0.05, 0) is 6.92 Å². The first-order valence-corrected chi connectivity index (χ1v) is 6.84. The fraction of sp³-hybridized carbons (Fsp3) is 0.167. The maximum absolute atomic E-state index is 11.6. The van der Waals surface area contributed by atoms with Crippen LogP contribution in [0.25, 0.3) is 11.4 Å². The third-order valence-electron chi connectivity index (χ3n) is 2.34. The van der Waals surface area contributed by atoms with Crippen molar-refractivity contribution in [2.75, 3.05) is 5.75 Å². The van der Waals surface area contributed by atoms with Gasteiger partial charge in [0.15, 0.2) is 5.82 Å². The van der Waals surface area contributed by atoms with E-state index >= 15 is 0 Å². The molecule has 0 spiro atoms. The van der Waals surface area contributed by atoms with E-state index in [1.807, 2.05) is 31.2 Å². The molecule has 0 saturated carbocycles. The molecule has 1 N–H and O–H groups in total. The second-order valence-corrected chi connectivity index (χ2v) is 5.68. The van der Waals surface area contributed by atoms with Crippen LogP contribution in [-0.2, 0) is 9.84 Å². The Bertz CT molecular complexity index is 694. The van der Waals surface area contributed by atoms with Crippen molar-refractivity contribution in [3.63, 3.8) is 0 Å². The average molecular weight is 261 g/mol. The second-order valence-electron chi connectivity index (χ2n) is 3.80. The van der Waals surface area contributed by atoms with Crippen molar-refractivity contribution in [3.05, 3.63) is 29.8 Å². The first kappa shape index (κ1) is 12.3. The predicted octanol–water partition coefficient (Wildman–Crippen LogP) is 1.19. The number of hydrogen-bond acceptors (Lipinski definition) is 4. The van der Waals surface area contributed by atoms with Gasteiger partial charge in [0, 0.05) is 5.56 Å². The highest BCUT2D eigenvalue weighted by Crippen LogP contribution is 2.16. The Morgan fingerprint density at radius 2 is 2.00 bits per heavy atom. The second kappa shape index (κ2) is 4.63. The van der Waals surface area contributed by atoms with E-state index in [1.165, 1.54) is 0 Å². The molecule has 0 aliphatic rings. The van der Waals surface area contributed by atoms with Crippen molar-refractivity contribution in [2.24, 2.45) is 0 Å². The molecule has 0 saturated heterocycles. The zero-order valence-corrected chi connectivity index (χ0v) is 10.5. The maximum Gasteiger partial charge on any atom is 0.268 e. The van der Waals surface area contributed by atoms with Crippen LogP contribution in [0.3, 0.4) is 0 Å². The monoisotopic (exact) mass is 261 g/mol. The minimum absolute atomic E-state index is 0.268. The molecular formula is C12H11N3O2S. The minimum Gasteiger partial charge on any atom is -0.258 e. The van der Waals surface area contributed by atoms with Gasteiger partial charge in [0.05, 0.1) is 0 Å². The van der Waals surface area contributed by atoms with Gasteiger partial charge in [0.1, 0.15) is 5.75 Å². The normalized spacial score (nSPS) is 11.1. The molecule has 0 unspecified atom stereocenters. The van der Waals surface area contributed by atoms with Gasteiger partial charge in [-0.25, -0.2) is 8.42 Å². The van der Waals surface area contributed by atoms with Crippen molar-refractivity contribution < 1.29 is 8.42 Å². The summed E-state index contributed by atoms with van der Waals surface area (Å²) in [4.78, 5) is 3.95.